The van der Waals surface area contributed by atoms with Gasteiger partial charge in [-0.2, -0.15) is 5.10 Å². The molecule has 4 aromatic rings. The molecule has 2 aromatic heterocycles. The predicted octanol–water partition coefficient (Wildman–Crippen LogP) is 2.06. The number of H-pyrrole nitrogens is 1. The van der Waals surface area contributed by atoms with E-state index < -0.39 is 10.5 Å². The molecule has 9 nitrogen and oxygen atoms in total. The molecule has 2 heterocycles. The van der Waals surface area contributed by atoms with E-state index in [2.05, 4.69) is 20.4 Å². The Morgan fingerprint density at radius 2 is 1.92 bits per heavy atom. The fourth-order valence-electron chi connectivity index (χ4n) is 2.49. The van der Waals surface area contributed by atoms with Crippen LogP contribution in [0.4, 0.5) is 5.69 Å². The topological polar surface area (TPSA) is 119 Å². The molecule has 0 atom stereocenters. The van der Waals surface area contributed by atoms with Crippen molar-refractivity contribution >= 4 is 33.8 Å². The van der Waals surface area contributed by atoms with Crippen LogP contribution in [0.3, 0.4) is 0 Å². The molecule has 0 fully saturated rings. The first kappa shape index (κ1) is 14.7. The Labute approximate surface area is 139 Å². The van der Waals surface area contributed by atoms with E-state index in [0.29, 0.717) is 16.6 Å². The van der Waals surface area contributed by atoms with Gasteiger partial charge < -0.3 is 4.98 Å². The number of hydrogen-bond acceptors (Lipinski definition) is 6. The molecule has 2 aromatic carbocycles. The second kappa shape index (κ2) is 5.64. The Bertz CT molecular complexity index is 1190. The van der Waals surface area contributed by atoms with Crippen LogP contribution >= 0.6 is 0 Å². The summed E-state index contributed by atoms with van der Waals surface area (Å²) in [6.45, 7) is 0. The van der Waals surface area contributed by atoms with Gasteiger partial charge in [-0.15, -0.1) is 5.10 Å². The third-order valence-corrected chi connectivity index (χ3v) is 3.72. The van der Waals surface area contributed by atoms with Crippen molar-refractivity contribution in [3.05, 3.63) is 74.6 Å². The Morgan fingerprint density at radius 1 is 1.16 bits per heavy atom. The lowest BCUT2D eigenvalue weighted by atomic mass is 10.2. The highest BCUT2D eigenvalue weighted by atomic mass is 16.6. The van der Waals surface area contributed by atoms with Crippen molar-refractivity contribution in [2.75, 3.05) is 0 Å². The fourth-order valence-corrected chi connectivity index (χ4v) is 2.49. The normalized spacial score (nSPS) is 11.5. The molecule has 9 heteroatoms. The van der Waals surface area contributed by atoms with Gasteiger partial charge in [0, 0.05) is 23.0 Å². The smallest absolute Gasteiger partial charge is 0.315 e. The Balaban J connectivity index is 1.74. The predicted molar refractivity (Wildman–Crippen MR) is 91.7 cm³/mol. The standard InChI is InChI=1S/C16H10N6O3/c23-16-15-14(12-3-1-2-4-13(12)18-15)19-20-21(16)17-9-10-5-7-11(8-6-10)22(24)25/h1-9,18H/b17-9+. The molecular formula is C16H10N6O3. The molecule has 0 saturated heterocycles. The number of nitro groups is 1. The van der Waals surface area contributed by atoms with Crippen LogP contribution in [0.5, 0.6) is 0 Å². The van der Waals surface area contributed by atoms with E-state index in [4.69, 9.17) is 0 Å². The number of rotatable bonds is 3. The van der Waals surface area contributed by atoms with Crippen LogP contribution in [0.15, 0.2) is 58.4 Å². The first-order valence-electron chi connectivity index (χ1n) is 7.29. The van der Waals surface area contributed by atoms with Crippen molar-refractivity contribution in [1.29, 1.82) is 0 Å². The number of aromatic amines is 1. The van der Waals surface area contributed by atoms with Crippen LogP contribution in [0.25, 0.3) is 21.9 Å². The van der Waals surface area contributed by atoms with Crippen LogP contribution in [0.2, 0.25) is 0 Å². The number of fused-ring (bicyclic) bond motifs is 3. The minimum absolute atomic E-state index is 0.0198. The van der Waals surface area contributed by atoms with E-state index >= 15 is 0 Å². The van der Waals surface area contributed by atoms with Crippen molar-refractivity contribution in [1.82, 2.24) is 20.1 Å². The van der Waals surface area contributed by atoms with E-state index in [1.54, 1.807) is 0 Å². The van der Waals surface area contributed by atoms with E-state index in [9.17, 15) is 14.9 Å². The molecule has 0 spiro atoms. The molecule has 122 valence electrons. The number of nitrogens with zero attached hydrogens (tertiary/aromatic N) is 5. The van der Waals surface area contributed by atoms with Crippen molar-refractivity contribution in [3.63, 3.8) is 0 Å². The van der Waals surface area contributed by atoms with Crippen molar-refractivity contribution in [2.45, 2.75) is 0 Å². The maximum atomic E-state index is 12.5. The monoisotopic (exact) mass is 334 g/mol. The number of para-hydroxylation sites is 1. The highest BCUT2D eigenvalue weighted by Crippen LogP contribution is 2.19. The number of nitrogens with one attached hydrogen (secondary N) is 1. The number of non-ortho nitro benzene ring substituents is 1. The lowest BCUT2D eigenvalue weighted by molar-refractivity contribution is -0.384. The second-order valence-electron chi connectivity index (χ2n) is 5.27. The molecule has 0 aliphatic heterocycles. The number of hydrogen-bond donors (Lipinski definition) is 1. The van der Waals surface area contributed by atoms with Gasteiger partial charge in [0.1, 0.15) is 11.0 Å². The molecule has 0 unspecified atom stereocenters. The first-order valence-corrected chi connectivity index (χ1v) is 7.29. The maximum Gasteiger partial charge on any atom is 0.315 e. The van der Waals surface area contributed by atoms with Gasteiger partial charge in [-0.3, -0.25) is 14.9 Å². The van der Waals surface area contributed by atoms with Crippen LogP contribution in [0.1, 0.15) is 5.56 Å². The van der Waals surface area contributed by atoms with Crippen molar-refractivity contribution in [2.24, 2.45) is 5.10 Å². The summed E-state index contributed by atoms with van der Waals surface area (Å²) in [5.41, 5.74) is 1.74. The first-order chi connectivity index (χ1) is 12.1. The zero-order valence-corrected chi connectivity index (χ0v) is 12.7. The Hall–Kier alpha value is -3.88. The Morgan fingerprint density at radius 3 is 2.68 bits per heavy atom. The fraction of sp³-hybridized carbons (Fsp3) is 0. The van der Waals surface area contributed by atoms with Crippen molar-refractivity contribution in [3.8, 4) is 0 Å². The Kier molecular flexibility index (Phi) is 3.31. The van der Waals surface area contributed by atoms with Crippen LogP contribution < -0.4 is 5.56 Å². The third-order valence-electron chi connectivity index (χ3n) is 3.72. The molecule has 0 radical (unpaired) electrons. The average molecular weight is 334 g/mol. The average Bonchev–Trinajstić information content (AvgIpc) is 3.01. The second-order valence-corrected chi connectivity index (χ2v) is 5.27. The van der Waals surface area contributed by atoms with Gasteiger partial charge in [-0.25, -0.2) is 0 Å². The molecule has 25 heavy (non-hydrogen) atoms. The molecule has 0 amide bonds. The third kappa shape index (κ3) is 2.53. The highest BCUT2D eigenvalue weighted by Gasteiger charge is 2.11. The number of benzene rings is 2. The summed E-state index contributed by atoms with van der Waals surface area (Å²) in [5.74, 6) is 0. The molecule has 1 N–H and O–H groups in total. The van der Waals surface area contributed by atoms with E-state index in [1.807, 2.05) is 24.3 Å². The molecule has 4 rings (SSSR count). The zero-order chi connectivity index (χ0) is 17.4. The van der Waals surface area contributed by atoms with Gasteiger partial charge in [0.15, 0.2) is 0 Å². The summed E-state index contributed by atoms with van der Waals surface area (Å²) in [7, 11) is 0. The summed E-state index contributed by atoms with van der Waals surface area (Å²) in [6, 6.07) is 13.2. The van der Waals surface area contributed by atoms with E-state index in [0.717, 1.165) is 15.7 Å². The van der Waals surface area contributed by atoms with Gasteiger partial charge in [0.05, 0.1) is 11.1 Å². The molecule has 0 saturated carbocycles. The maximum absolute atomic E-state index is 12.5. The summed E-state index contributed by atoms with van der Waals surface area (Å²) in [4.78, 5) is 26.5. The van der Waals surface area contributed by atoms with Crippen LogP contribution in [0, 0.1) is 10.1 Å². The lowest BCUT2D eigenvalue weighted by Gasteiger charge is -1.96. The number of nitro benzene ring substituents is 1. The summed E-state index contributed by atoms with van der Waals surface area (Å²) < 4.78 is 0. The molecule has 0 aliphatic rings. The summed E-state index contributed by atoms with van der Waals surface area (Å²) >= 11 is 0. The van der Waals surface area contributed by atoms with Gasteiger partial charge >= 0.3 is 5.56 Å². The van der Waals surface area contributed by atoms with E-state index in [1.165, 1.54) is 30.5 Å². The summed E-state index contributed by atoms with van der Waals surface area (Å²) in [5, 5.41) is 23.3. The largest absolute Gasteiger partial charge is 0.348 e. The number of aromatic nitrogens is 4. The molecular weight excluding hydrogens is 324 g/mol. The quantitative estimate of drug-likeness (QED) is 0.349. The minimum Gasteiger partial charge on any atom is -0.348 e. The van der Waals surface area contributed by atoms with Crippen molar-refractivity contribution < 1.29 is 4.92 Å². The highest BCUT2D eigenvalue weighted by molar-refractivity contribution is 6.04. The zero-order valence-electron chi connectivity index (χ0n) is 12.7. The molecule has 0 bridgehead atoms. The van der Waals surface area contributed by atoms with Crippen LogP contribution in [-0.4, -0.2) is 31.2 Å². The van der Waals surface area contributed by atoms with Gasteiger partial charge in [-0.1, -0.05) is 23.0 Å². The van der Waals surface area contributed by atoms with Crippen LogP contribution in [-0.2, 0) is 0 Å². The summed E-state index contributed by atoms with van der Waals surface area (Å²) in [6.07, 6.45) is 1.38. The lowest BCUT2D eigenvalue weighted by Crippen LogP contribution is -2.20. The van der Waals surface area contributed by atoms with Gasteiger partial charge in [0.25, 0.3) is 5.69 Å². The SMILES string of the molecule is O=c1c2[nH]c3ccccc3c2nnn1/N=C/c1ccc([N+](=O)[O-])cc1. The molecule has 0 aliphatic carbocycles. The minimum atomic E-state index is -0.485. The van der Waals surface area contributed by atoms with E-state index in [-0.39, 0.29) is 5.69 Å². The van der Waals surface area contributed by atoms with Gasteiger partial charge in [0.2, 0.25) is 0 Å². The van der Waals surface area contributed by atoms with Gasteiger partial charge in [-0.05, 0) is 29.0 Å².